The van der Waals surface area contributed by atoms with Crippen LogP contribution < -0.4 is 4.74 Å². The molecule has 1 aliphatic carbocycles. The summed E-state index contributed by atoms with van der Waals surface area (Å²) in [7, 11) is 1.92. The topological polar surface area (TPSA) is 55.6 Å². The lowest BCUT2D eigenvalue weighted by Gasteiger charge is -2.35. The Morgan fingerprint density at radius 3 is 2.48 bits per heavy atom. The van der Waals surface area contributed by atoms with E-state index in [9.17, 15) is 4.79 Å². The first-order valence-corrected chi connectivity index (χ1v) is 11.0. The van der Waals surface area contributed by atoms with Crippen LogP contribution in [-0.2, 0) is 6.61 Å². The molecule has 0 N–H and O–H groups in total. The number of aryl methyl sites for hydroxylation is 2. The highest BCUT2D eigenvalue weighted by Crippen LogP contribution is 2.34. The predicted octanol–water partition coefficient (Wildman–Crippen LogP) is 5.67. The van der Waals surface area contributed by atoms with Crippen molar-refractivity contribution in [1.29, 1.82) is 0 Å². The number of amides is 1. The number of aromatic nitrogens is 1. The standard InChI is InChI=1S/C26H30N2O3/c1-18-25(19(2)31-27-18)17-30-24-11-7-10-22(16-24)26(29)28(3)23-14-12-21(13-15-23)20-8-5-4-6-9-20/h4-11,16,21,23H,12-15,17H2,1-3H3. The minimum atomic E-state index is 0.0472. The van der Waals surface area contributed by atoms with E-state index in [0.717, 1.165) is 42.7 Å². The first kappa shape index (κ1) is 21.2. The number of carbonyl (C=O) groups excluding carboxylic acids is 1. The molecule has 1 amide bonds. The van der Waals surface area contributed by atoms with E-state index in [2.05, 4.69) is 35.5 Å². The van der Waals surface area contributed by atoms with Gasteiger partial charge in [0.15, 0.2) is 0 Å². The Kier molecular flexibility index (Phi) is 6.40. The van der Waals surface area contributed by atoms with E-state index < -0.39 is 0 Å². The smallest absolute Gasteiger partial charge is 0.253 e. The lowest BCUT2D eigenvalue weighted by atomic mass is 9.81. The van der Waals surface area contributed by atoms with Gasteiger partial charge in [-0.15, -0.1) is 0 Å². The SMILES string of the molecule is Cc1noc(C)c1COc1cccc(C(=O)N(C)C2CCC(c3ccccc3)CC2)c1. The van der Waals surface area contributed by atoms with Crippen molar-refractivity contribution >= 4 is 5.91 Å². The minimum absolute atomic E-state index is 0.0472. The van der Waals surface area contributed by atoms with E-state index in [4.69, 9.17) is 9.26 Å². The molecule has 1 aromatic heterocycles. The number of rotatable bonds is 6. The zero-order chi connectivity index (χ0) is 21.8. The molecule has 0 spiro atoms. The van der Waals surface area contributed by atoms with Crippen molar-refractivity contribution < 1.29 is 14.1 Å². The van der Waals surface area contributed by atoms with Crippen molar-refractivity contribution in [3.8, 4) is 5.75 Å². The van der Waals surface area contributed by atoms with Gasteiger partial charge in [-0.25, -0.2) is 0 Å². The van der Waals surface area contributed by atoms with Gasteiger partial charge in [-0.2, -0.15) is 0 Å². The summed E-state index contributed by atoms with van der Waals surface area (Å²) < 4.78 is 11.1. The van der Waals surface area contributed by atoms with Crippen molar-refractivity contribution in [3.63, 3.8) is 0 Å². The fourth-order valence-electron chi connectivity index (χ4n) is 4.47. The molecule has 5 nitrogen and oxygen atoms in total. The van der Waals surface area contributed by atoms with Gasteiger partial charge in [0.25, 0.3) is 5.91 Å². The summed E-state index contributed by atoms with van der Waals surface area (Å²) >= 11 is 0. The van der Waals surface area contributed by atoms with Crippen LogP contribution in [0.3, 0.4) is 0 Å². The molecule has 162 valence electrons. The minimum Gasteiger partial charge on any atom is -0.489 e. The predicted molar refractivity (Wildman–Crippen MR) is 120 cm³/mol. The van der Waals surface area contributed by atoms with Crippen molar-refractivity contribution in [1.82, 2.24) is 10.1 Å². The average molecular weight is 419 g/mol. The van der Waals surface area contributed by atoms with Crippen LogP contribution in [0, 0.1) is 13.8 Å². The highest BCUT2D eigenvalue weighted by atomic mass is 16.5. The van der Waals surface area contributed by atoms with Gasteiger partial charge in [-0.3, -0.25) is 4.79 Å². The quantitative estimate of drug-likeness (QED) is 0.518. The Bertz CT molecular complexity index is 1000. The highest BCUT2D eigenvalue weighted by molar-refractivity contribution is 5.94. The van der Waals surface area contributed by atoms with Gasteiger partial charge in [0.2, 0.25) is 0 Å². The van der Waals surface area contributed by atoms with Crippen LogP contribution in [-0.4, -0.2) is 29.1 Å². The Morgan fingerprint density at radius 1 is 1.06 bits per heavy atom. The fraction of sp³-hybridized carbons (Fsp3) is 0.385. The molecular weight excluding hydrogens is 388 g/mol. The number of hydrogen-bond acceptors (Lipinski definition) is 4. The molecule has 0 unspecified atom stereocenters. The molecule has 0 bridgehead atoms. The van der Waals surface area contributed by atoms with E-state index in [0.29, 0.717) is 23.8 Å². The van der Waals surface area contributed by atoms with Gasteiger partial charge in [0.1, 0.15) is 18.1 Å². The highest BCUT2D eigenvalue weighted by Gasteiger charge is 2.27. The van der Waals surface area contributed by atoms with Crippen LogP contribution in [0.25, 0.3) is 0 Å². The summed E-state index contributed by atoms with van der Waals surface area (Å²) in [5.41, 5.74) is 3.85. The summed E-state index contributed by atoms with van der Waals surface area (Å²) in [4.78, 5) is 15.0. The van der Waals surface area contributed by atoms with Crippen molar-refractivity contribution in [2.75, 3.05) is 7.05 Å². The second-order valence-corrected chi connectivity index (χ2v) is 8.45. The van der Waals surface area contributed by atoms with Gasteiger partial charge in [0, 0.05) is 18.7 Å². The van der Waals surface area contributed by atoms with E-state index in [1.54, 1.807) is 0 Å². The molecule has 1 heterocycles. The second-order valence-electron chi connectivity index (χ2n) is 8.45. The van der Waals surface area contributed by atoms with Crippen molar-refractivity contribution in [2.24, 2.45) is 0 Å². The van der Waals surface area contributed by atoms with Gasteiger partial charge in [-0.05, 0) is 69.2 Å². The van der Waals surface area contributed by atoms with E-state index in [1.165, 1.54) is 5.56 Å². The molecule has 3 aromatic rings. The Balaban J connectivity index is 1.36. The first-order valence-electron chi connectivity index (χ1n) is 11.0. The third-order valence-electron chi connectivity index (χ3n) is 6.48. The van der Waals surface area contributed by atoms with Crippen LogP contribution in [0.5, 0.6) is 5.75 Å². The van der Waals surface area contributed by atoms with Gasteiger partial charge in [0.05, 0.1) is 11.3 Å². The van der Waals surface area contributed by atoms with E-state index in [-0.39, 0.29) is 11.9 Å². The number of ether oxygens (including phenoxy) is 1. The summed E-state index contributed by atoms with van der Waals surface area (Å²) in [5, 5.41) is 3.96. The first-order chi connectivity index (χ1) is 15.0. The fourth-order valence-corrected chi connectivity index (χ4v) is 4.47. The molecule has 31 heavy (non-hydrogen) atoms. The van der Waals surface area contributed by atoms with Gasteiger partial charge >= 0.3 is 0 Å². The van der Waals surface area contributed by atoms with E-state index in [1.807, 2.05) is 50.1 Å². The Hall–Kier alpha value is -3.08. The molecule has 0 radical (unpaired) electrons. The lowest BCUT2D eigenvalue weighted by Crippen LogP contribution is -2.39. The van der Waals surface area contributed by atoms with Crippen LogP contribution >= 0.6 is 0 Å². The monoisotopic (exact) mass is 418 g/mol. The molecule has 1 fully saturated rings. The molecule has 0 saturated heterocycles. The maximum absolute atomic E-state index is 13.1. The van der Waals surface area contributed by atoms with Crippen LogP contribution in [0.15, 0.2) is 59.1 Å². The zero-order valence-corrected chi connectivity index (χ0v) is 18.5. The van der Waals surface area contributed by atoms with Crippen LogP contribution in [0.2, 0.25) is 0 Å². The number of benzene rings is 2. The molecule has 0 aliphatic heterocycles. The number of carbonyl (C=O) groups is 1. The molecule has 2 aromatic carbocycles. The van der Waals surface area contributed by atoms with Crippen LogP contribution in [0.1, 0.15) is 64.5 Å². The summed E-state index contributed by atoms with van der Waals surface area (Å²) in [6, 6.07) is 18.4. The molecule has 1 saturated carbocycles. The van der Waals surface area contributed by atoms with Crippen molar-refractivity contribution in [3.05, 3.63) is 82.7 Å². The Morgan fingerprint density at radius 2 is 1.81 bits per heavy atom. The third kappa shape index (κ3) is 4.82. The summed E-state index contributed by atoms with van der Waals surface area (Å²) in [5.74, 6) is 2.08. The zero-order valence-electron chi connectivity index (χ0n) is 18.5. The third-order valence-corrected chi connectivity index (χ3v) is 6.48. The normalized spacial score (nSPS) is 18.5. The molecular formula is C26H30N2O3. The van der Waals surface area contributed by atoms with Gasteiger partial charge in [-0.1, -0.05) is 41.6 Å². The number of nitrogens with zero attached hydrogens (tertiary/aromatic N) is 2. The second kappa shape index (κ2) is 9.38. The van der Waals surface area contributed by atoms with E-state index >= 15 is 0 Å². The van der Waals surface area contributed by atoms with Crippen LogP contribution in [0.4, 0.5) is 0 Å². The largest absolute Gasteiger partial charge is 0.489 e. The van der Waals surface area contributed by atoms with Gasteiger partial charge < -0.3 is 14.2 Å². The maximum Gasteiger partial charge on any atom is 0.253 e. The number of hydrogen-bond donors (Lipinski definition) is 0. The lowest BCUT2D eigenvalue weighted by molar-refractivity contribution is 0.0689. The Labute approximate surface area is 184 Å². The summed E-state index contributed by atoms with van der Waals surface area (Å²) in [6.45, 7) is 4.15. The summed E-state index contributed by atoms with van der Waals surface area (Å²) in [6.07, 6.45) is 4.30. The molecule has 5 heteroatoms. The molecule has 0 atom stereocenters. The average Bonchev–Trinajstić information content (AvgIpc) is 3.14. The maximum atomic E-state index is 13.1. The molecule has 1 aliphatic rings. The van der Waals surface area contributed by atoms with Crippen molar-refractivity contribution in [2.45, 2.75) is 58.1 Å². The molecule has 4 rings (SSSR count).